The Bertz CT molecular complexity index is 679. The molecule has 0 saturated heterocycles. The molecule has 9 nitrogen and oxygen atoms in total. The van der Waals surface area contributed by atoms with E-state index in [4.69, 9.17) is 11.6 Å². The van der Waals surface area contributed by atoms with Crippen molar-refractivity contribution in [2.24, 2.45) is 0 Å². The van der Waals surface area contributed by atoms with Crippen LogP contribution in [-0.2, 0) is 6.54 Å². The molecule has 1 amide bonds. The highest BCUT2D eigenvalue weighted by atomic mass is 35.5. The lowest BCUT2D eigenvalue weighted by Gasteiger charge is -2.10. The number of aromatic amines is 1. The maximum atomic E-state index is 12.0. The Hall–Kier alpha value is -2.42. The number of amides is 1. The molecule has 0 aliphatic heterocycles. The number of H-pyrrole nitrogens is 1. The second-order valence-corrected chi connectivity index (χ2v) is 4.66. The summed E-state index contributed by atoms with van der Waals surface area (Å²) < 4.78 is 1.73. The maximum absolute atomic E-state index is 12.0. The Morgan fingerprint density at radius 1 is 1.67 bits per heavy atom. The molecule has 0 fully saturated rings. The zero-order valence-corrected chi connectivity index (χ0v) is 12.1. The highest BCUT2D eigenvalue weighted by Crippen LogP contribution is 2.25. The van der Waals surface area contributed by atoms with Gasteiger partial charge in [-0.05, 0) is 24.8 Å². The summed E-state index contributed by atoms with van der Waals surface area (Å²) in [6.07, 6.45) is 1.80. The van der Waals surface area contributed by atoms with Crippen molar-refractivity contribution < 1.29 is 9.72 Å². The van der Waals surface area contributed by atoms with Crippen LogP contribution < -0.4 is 5.32 Å². The van der Waals surface area contributed by atoms with E-state index in [1.807, 2.05) is 6.92 Å². The third-order valence-electron chi connectivity index (χ3n) is 2.86. The van der Waals surface area contributed by atoms with Gasteiger partial charge in [0.15, 0.2) is 10.7 Å². The highest BCUT2D eigenvalue weighted by molar-refractivity contribution is 6.35. The predicted octanol–water partition coefficient (Wildman–Crippen LogP) is 1.68. The van der Waals surface area contributed by atoms with E-state index >= 15 is 0 Å². The van der Waals surface area contributed by atoms with Crippen LogP contribution >= 0.6 is 11.6 Å². The van der Waals surface area contributed by atoms with Crippen LogP contribution in [0.2, 0.25) is 5.02 Å². The fraction of sp³-hybridized carbons (Fsp3) is 0.364. The number of nitrogens with zero attached hydrogens (tertiary/aromatic N) is 4. The van der Waals surface area contributed by atoms with Gasteiger partial charge in [0.25, 0.3) is 5.91 Å². The van der Waals surface area contributed by atoms with Crippen molar-refractivity contribution in [3.05, 3.63) is 38.8 Å². The first-order valence-electron chi connectivity index (χ1n) is 6.16. The summed E-state index contributed by atoms with van der Waals surface area (Å²) in [7, 11) is 0. The number of hydrogen-bond donors (Lipinski definition) is 2. The van der Waals surface area contributed by atoms with Crippen LogP contribution in [-0.4, -0.2) is 30.8 Å². The molecule has 21 heavy (non-hydrogen) atoms. The first-order chi connectivity index (χ1) is 9.93. The molecule has 0 aliphatic carbocycles. The van der Waals surface area contributed by atoms with Crippen LogP contribution in [0.1, 0.15) is 36.1 Å². The van der Waals surface area contributed by atoms with Gasteiger partial charge in [0, 0.05) is 12.7 Å². The Morgan fingerprint density at radius 2 is 2.38 bits per heavy atom. The third-order valence-corrected chi connectivity index (χ3v) is 3.22. The monoisotopic (exact) mass is 312 g/mol. The fourth-order valence-electron chi connectivity index (χ4n) is 1.71. The van der Waals surface area contributed by atoms with Crippen molar-refractivity contribution in [2.45, 2.75) is 26.4 Å². The van der Waals surface area contributed by atoms with Gasteiger partial charge in [0.1, 0.15) is 0 Å². The fourth-order valence-corrected chi connectivity index (χ4v) is 1.95. The van der Waals surface area contributed by atoms with Gasteiger partial charge in [0.2, 0.25) is 0 Å². The van der Waals surface area contributed by atoms with Crippen LogP contribution in [0.15, 0.2) is 12.3 Å². The second-order valence-electron chi connectivity index (χ2n) is 4.28. The number of aromatic nitrogens is 4. The van der Waals surface area contributed by atoms with Crippen LogP contribution in [0.3, 0.4) is 0 Å². The molecule has 2 aromatic heterocycles. The molecule has 0 aromatic carbocycles. The Labute approximate surface area is 124 Å². The number of nitro groups is 1. The van der Waals surface area contributed by atoms with E-state index in [0.29, 0.717) is 5.69 Å². The Morgan fingerprint density at radius 3 is 2.90 bits per heavy atom. The summed E-state index contributed by atoms with van der Waals surface area (Å²) in [6.45, 7) is 4.41. The molecule has 0 saturated carbocycles. The van der Waals surface area contributed by atoms with E-state index in [-0.39, 0.29) is 16.8 Å². The molecule has 0 bridgehead atoms. The number of halogens is 1. The van der Waals surface area contributed by atoms with Crippen LogP contribution in [0.25, 0.3) is 0 Å². The van der Waals surface area contributed by atoms with Gasteiger partial charge >= 0.3 is 5.82 Å². The molecule has 0 spiro atoms. The summed E-state index contributed by atoms with van der Waals surface area (Å²) in [6, 6.07) is 1.40. The third kappa shape index (κ3) is 3.02. The number of carbonyl (C=O) groups is 1. The average Bonchev–Trinajstić information content (AvgIpc) is 3.04. The standard InChI is InChI=1S/C11H13ClN6O3/c1-3-17-5-4-7(16-17)6(2)13-11(19)9-8(12)10(15-14-9)18(20)21/h4-6H,3H2,1-2H3,(H,13,19)(H,14,15). The molecule has 2 N–H and O–H groups in total. The molecular weight excluding hydrogens is 300 g/mol. The van der Waals surface area contributed by atoms with Crippen molar-refractivity contribution in [3.8, 4) is 0 Å². The van der Waals surface area contributed by atoms with E-state index in [0.717, 1.165) is 6.54 Å². The maximum Gasteiger partial charge on any atom is 0.362 e. The minimum absolute atomic E-state index is 0.217. The van der Waals surface area contributed by atoms with Crippen molar-refractivity contribution in [1.82, 2.24) is 25.3 Å². The molecule has 0 radical (unpaired) electrons. The van der Waals surface area contributed by atoms with E-state index < -0.39 is 16.6 Å². The lowest BCUT2D eigenvalue weighted by atomic mass is 10.2. The molecular formula is C11H13ClN6O3. The number of carbonyl (C=O) groups excluding carboxylic acids is 1. The first kappa shape index (κ1) is 15.0. The molecule has 2 aromatic rings. The van der Waals surface area contributed by atoms with Crippen molar-refractivity contribution in [2.75, 3.05) is 0 Å². The van der Waals surface area contributed by atoms with Crippen LogP contribution in [0, 0.1) is 10.1 Å². The van der Waals surface area contributed by atoms with Crippen LogP contribution in [0.5, 0.6) is 0 Å². The van der Waals surface area contributed by atoms with E-state index in [1.54, 1.807) is 23.9 Å². The highest BCUT2D eigenvalue weighted by Gasteiger charge is 2.26. The second kappa shape index (κ2) is 5.92. The molecule has 10 heteroatoms. The zero-order valence-electron chi connectivity index (χ0n) is 11.3. The topological polar surface area (TPSA) is 119 Å². The zero-order chi connectivity index (χ0) is 15.6. The lowest BCUT2D eigenvalue weighted by molar-refractivity contribution is -0.389. The summed E-state index contributed by atoms with van der Waals surface area (Å²) in [5.74, 6) is -1.12. The summed E-state index contributed by atoms with van der Waals surface area (Å²) >= 11 is 5.75. The number of hydrogen-bond acceptors (Lipinski definition) is 5. The van der Waals surface area contributed by atoms with Crippen molar-refractivity contribution >= 4 is 23.3 Å². The normalized spacial score (nSPS) is 12.1. The molecule has 2 heterocycles. The minimum Gasteiger partial charge on any atom is -0.358 e. The van der Waals surface area contributed by atoms with Gasteiger partial charge in [-0.2, -0.15) is 5.10 Å². The first-order valence-corrected chi connectivity index (χ1v) is 6.54. The van der Waals surface area contributed by atoms with Gasteiger partial charge < -0.3 is 15.4 Å². The summed E-state index contributed by atoms with van der Waals surface area (Å²) in [4.78, 5) is 21.9. The lowest BCUT2D eigenvalue weighted by Crippen LogP contribution is -2.27. The number of nitrogens with one attached hydrogen (secondary N) is 2. The van der Waals surface area contributed by atoms with Gasteiger partial charge in [-0.25, -0.2) is 0 Å². The van der Waals surface area contributed by atoms with E-state index in [2.05, 4.69) is 20.6 Å². The van der Waals surface area contributed by atoms with Crippen LogP contribution in [0.4, 0.5) is 5.82 Å². The number of rotatable bonds is 5. The van der Waals surface area contributed by atoms with Gasteiger partial charge in [-0.3, -0.25) is 9.48 Å². The number of aryl methyl sites for hydroxylation is 1. The Balaban J connectivity index is 2.12. The SMILES string of the molecule is CCn1ccc(C(C)NC(=O)c2n[nH]c([N+](=O)[O-])c2Cl)n1. The summed E-state index contributed by atoms with van der Waals surface area (Å²) in [5.41, 5.74) is 0.455. The summed E-state index contributed by atoms with van der Waals surface area (Å²) in [5, 5.41) is 22.9. The molecule has 1 unspecified atom stereocenters. The average molecular weight is 313 g/mol. The smallest absolute Gasteiger partial charge is 0.358 e. The predicted molar refractivity (Wildman–Crippen MR) is 74.0 cm³/mol. The van der Waals surface area contributed by atoms with Gasteiger partial charge in [0.05, 0.1) is 11.7 Å². The van der Waals surface area contributed by atoms with E-state index in [9.17, 15) is 14.9 Å². The van der Waals surface area contributed by atoms with Gasteiger partial charge in [-0.1, -0.05) is 16.7 Å². The van der Waals surface area contributed by atoms with E-state index in [1.165, 1.54) is 0 Å². The quantitative estimate of drug-likeness (QED) is 0.643. The molecule has 1 atom stereocenters. The minimum atomic E-state index is -0.738. The largest absolute Gasteiger partial charge is 0.362 e. The molecule has 112 valence electrons. The van der Waals surface area contributed by atoms with Crippen molar-refractivity contribution in [3.63, 3.8) is 0 Å². The molecule has 2 rings (SSSR count). The Kier molecular flexibility index (Phi) is 4.22. The van der Waals surface area contributed by atoms with Gasteiger partial charge in [-0.15, -0.1) is 5.10 Å². The van der Waals surface area contributed by atoms with Crippen molar-refractivity contribution in [1.29, 1.82) is 0 Å². The molecule has 0 aliphatic rings.